The van der Waals surface area contributed by atoms with Gasteiger partial charge in [-0.05, 0) is 54.3 Å². The van der Waals surface area contributed by atoms with Crippen molar-refractivity contribution in [1.82, 2.24) is 19.7 Å². The van der Waals surface area contributed by atoms with Crippen molar-refractivity contribution >= 4 is 29.1 Å². The zero-order chi connectivity index (χ0) is 25.9. The van der Waals surface area contributed by atoms with Gasteiger partial charge in [-0.3, -0.25) is 9.78 Å². The largest absolute Gasteiger partial charge is 0.392 e. The molecule has 1 amide bonds. The van der Waals surface area contributed by atoms with Crippen molar-refractivity contribution in [1.29, 1.82) is 0 Å². The molecule has 4 aromatic rings. The smallest absolute Gasteiger partial charge is 0.274 e. The van der Waals surface area contributed by atoms with E-state index in [9.17, 15) is 9.90 Å². The van der Waals surface area contributed by atoms with E-state index in [0.29, 0.717) is 27.0 Å². The van der Waals surface area contributed by atoms with Gasteiger partial charge in [-0.1, -0.05) is 66.7 Å². The summed E-state index contributed by atoms with van der Waals surface area (Å²) in [7, 11) is 1.83. The lowest BCUT2D eigenvalue weighted by molar-refractivity contribution is 0.0686. The van der Waals surface area contributed by atoms with Gasteiger partial charge in [0.25, 0.3) is 5.91 Å². The number of nitrogens with zero attached hydrogens (tertiary/aromatic N) is 4. The lowest BCUT2D eigenvalue weighted by Crippen LogP contribution is -2.38. The number of carbonyl (C=O) groups is 1. The predicted molar refractivity (Wildman–Crippen MR) is 147 cm³/mol. The number of pyridine rings is 1. The number of benzene rings is 2. The van der Waals surface area contributed by atoms with E-state index in [2.05, 4.69) is 4.98 Å². The number of amides is 1. The molecule has 190 valence electrons. The van der Waals surface area contributed by atoms with Crippen molar-refractivity contribution in [2.45, 2.75) is 44.8 Å². The number of aromatic nitrogens is 3. The molecule has 2 aromatic carbocycles. The number of carbonyl (C=O) groups excluding carboxylic acids is 1. The lowest BCUT2D eigenvalue weighted by atomic mass is 9.94. The molecule has 0 saturated heterocycles. The van der Waals surface area contributed by atoms with Crippen LogP contribution in [0.25, 0.3) is 28.1 Å². The Balaban J connectivity index is 1.63. The van der Waals surface area contributed by atoms with Crippen LogP contribution in [-0.4, -0.2) is 43.8 Å². The molecule has 1 saturated carbocycles. The molecule has 1 N–H and O–H groups in total. The monoisotopic (exact) mass is 534 g/mol. The normalized spacial score (nSPS) is 14.1. The Morgan fingerprint density at radius 2 is 1.62 bits per heavy atom. The second kappa shape index (κ2) is 11.1. The van der Waals surface area contributed by atoms with Crippen molar-refractivity contribution in [2.24, 2.45) is 0 Å². The number of aliphatic hydroxyl groups excluding tert-OH is 1. The summed E-state index contributed by atoms with van der Waals surface area (Å²) in [5.74, 6) is -0.200. The van der Waals surface area contributed by atoms with Gasteiger partial charge in [0.2, 0.25) is 0 Å². The van der Waals surface area contributed by atoms with Gasteiger partial charge in [-0.25, -0.2) is 4.68 Å². The molecule has 1 aliphatic rings. The summed E-state index contributed by atoms with van der Waals surface area (Å²) < 4.78 is 1.65. The maximum Gasteiger partial charge on any atom is 0.274 e. The second-order valence-corrected chi connectivity index (χ2v) is 10.2. The third kappa shape index (κ3) is 5.14. The maximum atomic E-state index is 13.7. The summed E-state index contributed by atoms with van der Waals surface area (Å²) in [4.78, 5) is 19.6. The summed E-state index contributed by atoms with van der Waals surface area (Å²) in [6.45, 7) is -0.341. The van der Waals surface area contributed by atoms with Crippen LogP contribution in [0.1, 0.15) is 48.2 Å². The Kier molecular flexibility index (Phi) is 7.60. The first-order valence-corrected chi connectivity index (χ1v) is 13.2. The highest BCUT2D eigenvalue weighted by atomic mass is 35.5. The van der Waals surface area contributed by atoms with E-state index in [1.807, 2.05) is 43.4 Å². The summed E-state index contributed by atoms with van der Waals surface area (Å²) >= 11 is 12.7. The molecule has 0 atom stereocenters. The zero-order valence-corrected chi connectivity index (χ0v) is 22.1. The van der Waals surface area contributed by atoms with Gasteiger partial charge in [0.1, 0.15) is 0 Å². The van der Waals surface area contributed by atoms with Crippen molar-refractivity contribution in [3.05, 3.63) is 88.3 Å². The maximum absolute atomic E-state index is 13.7. The minimum Gasteiger partial charge on any atom is -0.392 e. The van der Waals surface area contributed by atoms with Crippen LogP contribution in [0.15, 0.2) is 67.0 Å². The Morgan fingerprint density at radius 1 is 0.973 bits per heavy atom. The van der Waals surface area contributed by atoms with Crippen LogP contribution in [0.5, 0.6) is 0 Å². The fourth-order valence-electron chi connectivity index (χ4n) is 5.06. The zero-order valence-electron chi connectivity index (χ0n) is 20.6. The molecule has 2 heterocycles. The Hall–Kier alpha value is -3.19. The molecular weight excluding hydrogens is 507 g/mol. The molecular formula is C29H28Cl2N4O2. The summed E-state index contributed by atoms with van der Waals surface area (Å²) in [5, 5.41) is 16.2. The lowest BCUT2D eigenvalue weighted by Gasteiger charge is -2.30. The molecule has 6 nitrogen and oxygen atoms in total. The van der Waals surface area contributed by atoms with E-state index < -0.39 is 0 Å². The summed E-state index contributed by atoms with van der Waals surface area (Å²) in [6.07, 6.45) is 8.88. The molecule has 1 fully saturated rings. The molecule has 37 heavy (non-hydrogen) atoms. The SMILES string of the molecule is CN(C(=O)c1nn(-c2ccc(Cl)cc2Cl)c(-c2ccc(-c3ccncc3)cc2)c1CO)C1CCCCC1. The molecule has 0 unspecified atom stereocenters. The van der Waals surface area contributed by atoms with Crippen LogP contribution < -0.4 is 0 Å². The quantitative estimate of drug-likeness (QED) is 0.295. The molecule has 1 aliphatic carbocycles. The number of aliphatic hydroxyl groups is 1. The van der Waals surface area contributed by atoms with E-state index >= 15 is 0 Å². The van der Waals surface area contributed by atoms with Crippen LogP contribution in [0.3, 0.4) is 0 Å². The fraction of sp³-hybridized carbons (Fsp3) is 0.276. The minimum atomic E-state index is -0.341. The van der Waals surface area contributed by atoms with E-state index in [-0.39, 0.29) is 24.2 Å². The molecule has 2 aromatic heterocycles. The Morgan fingerprint density at radius 3 is 2.27 bits per heavy atom. The van der Waals surface area contributed by atoms with Crippen LogP contribution in [0.4, 0.5) is 0 Å². The third-order valence-electron chi connectivity index (χ3n) is 7.10. The topological polar surface area (TPSA) is 71.2 Å². The molecule has 0 bridgehead atoms. The van der Waals surface area contributed by atoms with E-state index in [1.54, 1.807) is 40.2 Å². The van der Waals surface area contributed by atoms with Gasteiger partial charge >= 0.3 is 0 Å². The van der Waals surface area contributed by atoms with Crippen molar-refractivity contribution in [3.63, 3.8) is 0 Å². The average Bonchev–Trinajstić information content (AvgIpc) is 3.32. The van der Waals surface area contributed by atoms with Crippen molar-refractivity contribution in [2.75, 3.05) is 7.05 Å². The van der Waals surface area contributed by atoms with Crippen LogP contribution in [0, 0.1) is 0 Å². The molecule has 8 heteroatoms. The summed E-state index contributed by atoms with van der Waals surface area (Å²) in [6, 6.07) is 17.1. The van der Waals surface area contributed by atoms with Crippen molar-refractivity contribution < 1.29 is 9.90 Å². The predicted octanol–water partition coefficient (Wildman–Crippen LogP) is 6.81. The first kappa shape index (κ1) is 25.5. The molecule has 0 spiro atoms. The van der Waals surface area contributed by atoms with Crippen molar-refractivity contribution in [3.8, 4) is 28.1 Å². The van der Waals surface area contributed by atoms with Gasteiger partial charge < -0.3 is 10.0 Å². The number of hydrogen-bond acceptors (Lipinski definition) is 4. The highest BCUT2D eigenvalue weighted by Crippen LogP contribution is 2.35. The minimum absolute atomic E-state index is 0.167. The molecule has 0 radical (unpaired) electrons. The van der Waals surface area contributed by atoms with Gasteiger partial charge in [-0.15, -0.1) is 0 Å². The van der Waals surface area contributed by atoms with Gasteiger partial charge in [0.05, 0.1) is 23.0 Å². The van der Waals surface area contributed by atoms with E-state index in [0.717, 1.165) is 42.4 Å². The van der Waals surface area contributed by atoms with Gasteiger partial charge in [-0.2, -0.15) is 5.10 Å². The van der Waals surface area contributed by atoms with Crippen LogP contribution >= 0.6 is 23.2 Å². The number of rotatable bonds is 6. The highest BCUT2D eigenvalue weighted by Gasteiger charge is 2.30. The average molecular weight is 535 g/mol. The van der Waals surface area contributed by atoms with Gasteiger partial charge in [0.15, 0.2) is 5.69 Å². The number of halogens is 2. The third-order valence-corrected chi connectivity index (χ3v) is 7.63. The highest BCUT2D eigenvalue weighted by molar-refractivity contribution is 6.35. The van der Waals surface area contributed by atoms with E-state index in [4.69, 9.17) is 28.3 Å². The van der Waals surface area contributed by atoms with Crippen LogP contribution in [0.2, 0.25) is 10.0 Å². The first-order chi connectivity index (χ1) is 18.0. The Bertz CT molecular complexity index is 1400. The summed E-state index contributed by atoms with van der Waals surface area (Å²) in [5.41, 5.74) is 4.77. The molecule has 5 rings (SSSR count). The van der Waals surface area contributed by atoms with Crippen LogP contribution in [-0.2, 0) is 6.61 Å². The first-order valence-electron chi connectivity index (χ1n) is 12.4. The fourth-order valence-corrected chi connectivity index (χ4v) is 5.55. The van der Waals surface area contributed by atoms with E-state index in [1.165, 1.54) is 6.42 Å². The Labute approximate surface area is 226 Å². The standard InChI is InChI=1S/C29H28Cl2N4O2/c1-34(23-5-3-2-4-6-23)29(37)27-24(18-36)28(35(33-27)26-12-11-22(30)17-25(26)31)21-9-7-19(8-10-21)20-13-15-32-16-14-20/h7-17,23,36H,2-6,18H2,1H3. The van der Waals surface area contributed by atoms with Gasteiger partial charge in [0, 0.05) is 41.6 Å². The molecule has 0 aliphatic heterocycles. The number of hydrogen-bond donors (Lipinski definition) is 1. The second-order valence-electron chi connectivity index (χ2n) is 9.36.